The predicted octanol–water partition coefficient (Wildman–Crippen LogP) is 2.67. The van der Waals surface area contributed by atoms with E-state index in [0.717, 1.165) is 5.56 Å². The summed E-state index contributed by atoms with van der Waals surface area (Å²) in [6, 6.07) is 10.6. The van der Waals surface area contributed by atoms with Gasteiger partial charge in [-0.05, 0) is 11.6 Å². The van der Waals surface area contributed by atoms with Crippen molar-refractivity contribution in [2.75, 3.05) is 19.0 Å². The summed E-state index contributed by atoms with van der Waals surface area (Å²) in [4.78, 5) is 15.6. The van der Waals surface area contributed by atoms with Crippen molar-refractivity contribution in [2.45, 2.75) is 6.04 Å². The lowest BCUT2D eigenvalue weighted by atomic mass is 10.1. The number of benzene rings is 1. The van der Waals surface area contributed by atoms with Gasteiger partial charge in [0.05, 0.1) is 25.4 Å². The SMILES string of the molecule is COC(=O)c1cnc(Cl)cc1NC(CO)c1ccccc1. The minimum Gasteiger partial charge on any atom is -0.465 e. The third-order valence-corrected chi connectivity index (χ3v) is 3.20. The van der Waals surface area contributed by atoms with Gasteiger partial charge in [-0.1, -0.05) is 41.9 Å². The van der Waals surface area contributed by atoms with Gasteiger partial charge in [-0.2, -0.15) is 0 Å². The third kappa shape index (κ3) is 3.71. The van der Waals surface area contributed by atoms with Crippen molar-refractivity contribution in [3.63, 3.8) is 0 Å². The van der Waals surface area contributed by atoms with E-state index in [1.54, 1.807) is 0 Å². The summed E-state index contributed by atoms with van der Waals surface area (Å²) in [5, 5.41) is 12.9. The van der Waals surface area contributed by atoms with Crippen LogP contribution >= 0.6 is 11.6 Å². The molecule has 0 amide bonds. The molecule has 110 valence electrons. The highest BCUT2D eigenvalue weighted by Gasteiger charge is 2.17. The highest BCUT2D eigenvalue weighted by molar-refractivity contribution is 6.29. The van der Waals surface area contributed by atoms with Crippen molar-refractivity contribution in [1.82, 2.24) is 4.98 Å². The van der Waals surface area contributed by atoms with Crippen LogP contribution in [0.3, 0.4) is 0 Å². The van der Waals surface area contributed by atoms with Crippen LogP contribution in [0.25, 0.3) is 0 Å². The van der Waals surface area contributed by atoms with Gasteiger partial charge in [0.2, 0.25) is 0 Å². The van der Waals surface area contributed by atoms with E-state index in [0.29, 0.717) is 5.69 Å². The highest BCUT2D eigenvalue weighted by atomic mass is 35.5. The van der Waals surface area contributed by atoms with Gasteiger partial charge in [0, 0.05) is 6.20 Å². The Morgan fingerprint density at radius 1 is 1.43 bits per heavy atom. The molecule has 0 aliphatic rings. The molecule has 0 fully saturated rings. The van der Waals surface area contributed by atoms with E-state index in [4.69, 9.17) is 16.3 Å². The third-order valence-electron chi connectivity index (χ3n) is 2.99. The minimum absolute atomic E-state index is 0.134. The molecular weight excluding hydrogens is 292 g/mol. The van der Waals surface area contributed by atoms with E-state index < -0.39 is 5.97 Å². The molecule has 0 radical (unpaired) electrons. The first kappa shape index (κ1) is 15.3. The maximum atomic E-state index is 11.7. The Bertz CT molecular complexity index is 620. The van der Waals surface area contributed by atoms with Gasteiger partial charge >= 0.3 is 5.97 Å². The largest absolute Gasteiger partial charge is 0.465 e. The Labute approximate surface area is 127 Å². The first-order chi connectivity index (χ1) is 10.2. The van der Waals surface area contributed by atoms with Gasteiger partial charge in [0.25, 0.3) is 0 Å². The molecule has 2 aromatic rings. The fraction of sp³-hybridized carbons (Fsp3) is 0.200. The molecule has 1 unspecified atom stereocenters. The molecule has 0 saturated carbocycles. The zero-order valence-electron chi connectivity index (χ0n) is 11.4. The van der Waals surface area contributed by atoms with E-state index in [-0.39, 0.29) is 23.4 Å². The molecule has 1 atom stereocenters. The second-order valence-electron chi connectivity index (χ2n) is 4.33. The number of pyridine rings is 1. The Morgan fingerprint density at radius 3 is 2.76 bits per heavy atom. The van der Waals surface area contributed by atoms with Crippen LogP contribution in [0.5, 0.6) is 0 Å². The molecule has 2 N–H and O–H groups in total. The number of aliphatic hydroxyl groups excluding tert-OH is 1. The molecule has 2 rings (SSSR count). The molecule has 0 saturated heterocycles. The van der Waals surface area contributed by atoms with Crippen LogP contribution in [-0.2, 0) is 4.74 Å². The lowest BCUT2D eigenvalue weighted by Crippen LogP contribution is -2.17. The number of anilines is 1. The van der Waals surface area contributed by atoms with Crippen molar-refractivity contribution < 1.29 is 14.6 Å². The Kier molecular flexibility index (Phi) is 5.14. The fourth-order valence-electron chi connectivity index (χ4n) is 1.93. The van der Waals surface area contributed by atoms with Crippen molar-refractivity contribution in [3.05, 3.63) is 58.9 Å². The van der Waals surface area contributed by atoms with Crippen LogP contribution in [0.2, 0.25) is 5.15 Å². The summed E-state index contributed by atoms with van der Waals surface area (Å²) in [5.74, 6) is -0.522. The second kappa shape index (κ2) is 7.06. The zero-order chi connectivity index (χ0) is 15.2. The maximum Gasteiger partial charge on any atom is 0.341 e. The minimum atomic E-state index is -0.522. The molecule has 6 heteroatoms. The van der Waals surface area contributed by atoms with Gasteiger partial charge in [-0.15, -0.1) is 0 Å². The predicted molar refractivity (Wildman–Crippen MR) is 80.5 cm³/mol. The number of carbonyl (C=O) groups is 1. The number of esters is 1. The average molecular weight is 307 g/mol. The highest BCUT2D eigenvalue weighted by Crippen LogP contribution is 2.25. The van der Waals surface area contributed by atoms with E-state index in [2.05, 4.69) is 10.3 Å². The molecule has 0 spiro atoms. The monoisotopic (exact) mass is 306 g/mol. The molecule has 0 bridgehead atoms. The number of aliphatic hydroxyl groups is 1. The molecule has 5 nitrogen and oxygen atoms in total. The van der Waals surface area contributed by atoms with Crippen LogP contribution in [-0.4, -0.2) is 29.8 Å². The fourth-order valence-corrected chi connectivity index (χ4v) is 2.09. The van der Waals surface area contributed by atoms with Gasteiger partial charge in [-0.25, -0.2) is 9.78 Å². The molecule has 1 aromatic heterocycles. The Hall–Kier alpha value is -2.11. The molecular formula is C15H15ClN2O3. The van der Waals surface area contributed by atoms with E-state index in [9.17, 15) is 9.90 Å². The molecule has 21 heavy (non-hydrogen) atoms. The summed E-state index contributed by atoms with van der Waals surface area (Å²) in [6.07, 6.45) is 1.34. The number of carbonyl (C=O) groups excluding carboxylic acids is 1. The van der Waals surface area contributed by atoms with Crippen LogP contribution in [0.4, 0.5) is 5.69 Å². The van der Waals surface area contributed by atoms with Crippen molar-refractivity contribution in [1.29, 1.82) is 0 Å². The van der Waals surface area contributed by atoms with Crippen molar-refractivity contribution >= 4 is 23.3 Å². The smallest absolute Gasteiger partial charge is 0.341 e. The molecule has 0 aliphatic heterocycles. The zero-order valence-corrected chi connectivity index (χ0v) is 12.2. The molecule has 1 heterocycles. The standard InChI is InChI=1S/C15H15ClN2O3/c1-21-15(20)11-8-17-14(16)7-12(11)18-13(9-19)10-5-3-2-4-6-10/h2-8,13,19H,9H2,1H3,(H,17,18). The number of methoxy groups -OCH3 is 1. The first-order valence-electron chi connectivity index (χ1n) is 6.32. The summed E-state index contributed by atoms with van der Waals surface area (Å²) >= 11 is 5.87. The number of ether oxygens (including phenoxy) is 1. The average Bonchev–Trinajstić information content (AvgIpc) is 2.53. The van der Waals surface area contributed by atoms with E-state index >= 15 is 0 Å². The number of hydrogen-bond acceptors (Lipinski definition) is 5. The van der Waals surface area contributed by atoms with Crippen LogP contribution < -0.4 is 5.32 Å². The van der Waals surface area contributed by atoms with Gasteiger partial charge < -0.3 is 15.2 Å². The normalized spacial score (nSPS) is 11.8. The summed E-state index contributed by atoms with van der Waals surface area (Å²) in [6.45, 7) is -0.134. The number of nitrogens with zero attached hydrogens (tertiary/aromatic N) is 1. The maximum absolute atomic E-state index is 11.7. The summed E-state index contributed by atoms with van der Waals surface area (Å²) in [7, 11) is 1.29. The molecule has 0 aliphatic carbocycles. The summed E-state index contributed by atoms with van der Waals surface area (Å²) < 4.78 is 4.71. The van der Waals surface area contributed by atoms with Gasteiger partial charge in [0.15, 0.2) is 0 Å². The lowest BCUT2D eigenvalue weighted by Gasteiger charge is -2.19. The Morgan fingerprint density at radius 2 is 2.14 bits per heavy atom. The summed E-state index contributed by atoms with van der Waals surface area (Å²) in [5.41, 5.74) is 1.62. The lowest BCUT2D eigenvalue weighted by molar-refractivity contribution is 0.0601. The number of halogens is 1. The first-order valence-corrected chi connectivity index (χ1v) is 6.69. The Balaban J connectivity index is 2.33. The van der Waals surface area contributed by atoms with E-state index in [1.165, 1.54) is 19.4 Å². The van der Waals surface area contributed by atoms with Crippen LogP contribution in [0.15, 0.2) is 42.6 Å². The van der Waals surface area contributed by atoms with Gasteiger partial charge in [-0.3, -0.25) is 0 Å². The van der Waals surface area contributed by atoms with Gasteiger partial charge in [0.1, 0.15) is 10.7 Å². The number of hydrogen-bond donors (Lipinski definition) is 2. The van der Waals surface area contributed by atoms with Crippen molar-refractivity contribution in [2.24, 2.45) is 0 Å². The second-order valence-corrected chi connectivity index (χ2v) is 4.72. The quantitative estimate of drug-likeness (QED) is 0.656. The van der Waals surface area contributed by atoms with Crippen LogP contribution in [0, 0.1) is 0 Å². The topological polar surface area (TPSA) is 71.5 Å². The number of aromatic nitrogens is 1. The van der Waals surface area contributed by atoms with Crippen LogP contribution in [0.1, 0.15) is 22.0 Å². The van der Waals surface area contributed by atoms with E-state index in [1.807, 2.05) is 30.3 Å². The number of nitrogens with one attached hydrogen (secondary N) is 1. The number of rotatable bonds is 5. The molecule has 1 aromatic carbocycles. The van der Waals surface area contributed by atoms with Crippen molar-refractivity contribution in [3.8, 4) is 0 Å².